The van der Waals surface area contributed by atoms with Crippen LogP contribution in [0.5, 0.6) is 0 Å². The van der Waals surface area contributed by atoms with Gasteiger partial charge in [0.25, 0.3) is 0 Å². The molecule has 0 saturated carbocycles. The number of amides is 1. The fraction of sp³-hybridized carbons (Fsp3) is 0.727. The normalized spacial score (nSPS) is 11.9. The van der Waals surface area contributed by atoms with Crippen molar-refractivity contribution in [3.8, 4) is 0 Å². The van der Waals surface area contributed by atoms with Crippen LogP contribution in [0, 0.1) is 0 Å². The van der Waals surface area contributed by atoms with Crippen LogP contribution in [0.25, 0.3) is 0 Å². The van der Waals surface area contributed by atoms with Crippen molar-refractivity contribution >= 4 is 29.7 Å². The molecule has 3 N–H and O–H groups in total. The van der Waals surface area contributed by atoms with Gasteiger partial charge in [0.05, 0.1) is 12.1 Å². The molecule has 1 aromatic rings. The van der Waals surface area contributed by atoms with Gasteiger partial charge in [0.2, 0.25) is 5.91 Å². The van der Waals surface area contributed by atoms with E-state index in [1.807, 2.05) is 0 Å². The molecule has 1 amide bonds. The van der Waals surface area contributed by atoms with Crippen LogP contribution in [0.3, 0.4) is 0 Å². The molecule has 7 heteroatoms. The highest BCUT2D eigenvalue weighted by Gasteiger charge is 2.23. The quantitative estimate of drug-likeness (QED) is 0.887. The summed E-state index contributed by atoms with van der Waals surface area (Å²) in [7, 11) is 0. The monoisotopic (exact) mass is 292 g/mol. The van der Waals surface area contributed by atoms with E-state index in [9.17, 15) is 4.79 Å². The maximum absolute atomic E-state index is 11.6. The van der Waals surface area contributed by atoms with E-state index in [1.54, 1.807) is 13.8 Å². The van der Waals surface area contributed by atoms with Crippen molar-refractivity contribution in [1.29, 1.82) is 0 Å². The lowest BCUT2D eigenvalue weighted by Gasteiger charge is -2.16. The first-order valence-electron chi connectivity index (χ1n) is 5.51. The van der Waals surface area contributed by atoms with Gasteiger partial charge < -0.3 is 11.1 Å². The fourth-order valence-electron chi connectivity index (χ4n) is 1.01. The first-order chi connectivity index (χ1) is 7.60. The van der Waals surface area contributed by atoms with Crippen LogP contribution in [0.1, 0.15) is 44.6 Å². The molecule has 0 bridgehead atoms. The van der Waals surface area contributed by atoms with Gasteiger partial charge in [-0.05, 0) is 13.8 Å². The first kappa shape index (κ1) is 17.3. The minimum absolute atomic E-state index is 0. The number of carbonyl (C=O) groups excluding carboxylic acids is 1. The van der Waals surface area contributed by atoms with Gasteiger partial charge in [0.15, 0.2) is 0 Å². The van der Waals surface area contributed by atoms with Gasteiger partial charge in [0.1, 0.15) is 10.0 Å². The summed E-state index contributed by atoms with van der Waals surface area (Å²) in [5.41, 5.74) is 4.80. The molecule has 0 aliphatic carbocycles. The third-order valence-electron chi connectivity index (χ3n) is 2.09. The Kier molecular flexibility index (Phi) is 5.71. The second-order valence-electron chi connectivity index (χ2n) is 5.66. The predicted octanol–water partition coefficient (Wildman–Crippen LogP) is 1.61. The summed E-state index contributed by atoms with van der Waals surface area (Å²) >= 11 is 1.51. The molecule has 5 nitrogen and oxygen atoms in total. The Morgan fingerprint density at radius 3 is 2.22 bits per heavy atom. The average molecular weight is 293 g/mol. The van der Waals surface area contributed by atoms with Crippen LogP contribution in [0.4, 0.5) is 0 Å². The van der Waals surface area contributed by atoms with Crippen LogP contribution in [-0.2, 0) is 16.8 Å². The molecule has 0 radical (unpaired) electrons. The predicted molar refractivity (Wildman–Crippen MR) is 76.0 cm³/mol. The largest absolute Gasteiger partial charge is 0.348 e. The van der Waals surface area contributed by atoms with E-state index in [1.165, 1.54) is 11.3 Å². The number of carbonyl (C=O) groups is 1. The van der Waals surface area contributed by atoms with Crippen LogP contribution >= 0.6 is 23.7 Å². The Morgan fingerprint density at radius 1 is 1.28 bits per heavy atom. The molecule has 104 valence electrons. The maximum atomic E-state index is 11.6. The molecular formula is C11H21ClN4OS. The van der Waals surface area contributed by atoms with Crippen molar-refractivity contribution in [3.63, 3.8) is 0 Å². The van der Waals surface area contributed by atoms with Gasteiger partial charge in [-0.15, -0.1) is 22.6 Å². The van der Waals surface area contributed by atoms with Gasteiger partial charge in [-0.25, -0.2) is 0 Å². The Morgan fingerprint density at radius 2 is 1.83 bits per heavy atom. The van der Waals surface area contributed by atoms with Crippen molar-refractivity contribution in [3.05, 3.63) is 10.0 Å². The lowest BCUT2D eigenvalue weighted by atomic mass is 9.98. The van der Waals surface area contributed by atoms with E-state index in [0.29, 0.717) is 6.54 Å². The van der Waals surface area contributed by atoms with E-state index in [-0.39, 0.29) is 23.7 Å². The molecule has 0 spiro atoms. The zero-order valence-corrected chi connectivity index (χ0v) is 13.0. The summed E-state index contributed by atoms with van der Waals surface area (Å²) in [6.45, 7) is 9.97. The van der Waals surface area contributed by atoms with E-state index < -0.39 is 5.54 Å². The highest BCUT2D eigenvalue weighted by Crippen LogP contribution is 2.25. The Bertz CT molecular complexity index is 406. The zero-order valence-electron chi connectivity index (χ0n) is 11.4. The first-order valence-corrected chi connectivity index (χ1v) is 6.32. The number of hydrogen-bond donors (Lipinski definition) is 2. The number of nitrogens with zero attached hydrogens (tertiary/aromatic N) is 2. The number of nitrogens with two attached hydrogens (primary N) is 1. The second-order valence-corrected chi connectivity index (χ2v) is 6.72. The van der Waals surface area contributed by atoms with Gasteiger partial charge in [0, 0.05) is 5.41 Å². The van der Waals surface area contributed by atoms with Crippen molar-refractivity contribution in [2.75, 3.05) is 0 Å². The van der Waals surface area contributed by atoms with Crippen LogP contribution in [0.2, 0.25) is 0 Å². The topological polar surface area (TPSA) is 80.9 Å². The number of rotatable bonds is 3. The summed E-state index contributed by atoms with van der Waals surface area (Å²) in [5.74, 6) is -0.190. The lowest BCUT2D eigenvalue weighted by Crippen LogP contribution is -2.48. The molecule has 0 saturated heterocycles. The molecule has 0 aliphatic heterocycles. The maximum Gasteiger partial charge on any atom is 0.239 e. The molecule has 1 heterocycles. The van der Waals surface area contributed by atoms with Gasteiger partial charge >= 0.3 is 0 Å². The molecule has 0 unspecified atom stereocenters. The summed E-state index contributed by atoms with van der Waals surface area (Å²) in [6, 6.07) is 0. The average Bonchev–Trinajstić information content (AvgIpc) is 2.59. The van der Waals surface area contributed by atoms with Crippen LogP contribution in [0.15, 0.2) is 0 Å². The Balaban J connectivity index is 0.00000289. The molecule has 18 heavy (non-hydrogen) atoms. The summed E-state index contributed by atoms with van der Waals surface area (Å²) in [4.78, 5) is 11.6. The van der Waals surface area contributed by atoms with Gasteiger partial charge in [-0.1, -0.05) is 32.1 Å². The summed E-state index contributed by atoms with van der Waals surface area (Å²) in [6.07, 6.45) is 0. The molecule has 1 aromatic heterocycles. The smallest absolute Gasteiger partial charge is 0.239 e. The summed E-state index contributed by atoms with van der Waals surface area (Å²) < 4.78 is 0. The molecule has 0 aliphatic rings. The SMILES string of the molecule is CC(C)(N)C(=O)NCc1nnc(C(C)(C)C)s1.Cl. The molecule has 1 rings (SSSR count). The van der Waals surface area contributed by atoms with E-state index in [4.69, 9.17) is 5.73 Å². The minimum Gasteiger partial charge on any atom is -0.348 e. The number of halogens is 1. The van der Waals surface area contributed by atoms with Crippen LogP contribution in [-0.4, -0.2) is 21.6 Å². The van der Waals surface area contributed by atoms with Crippen molar-refractivity contribution < 1.29 is 4.79 Å². The Labute approximate surface area is 118 Å². The van der Waals surface area contributed by atoms with Crippen molar-refractivity contribution in [2.24, 2.45) is 5.73 Å². The van der Waals surface area contributed by atoms with E-state index in [2.05, 4.69) is 36.3 Å². The number of hydrogen-bond acceptors (Lipinski definition) is 5. The third kappa shape index (κ3) is 4.88. The fourth-order valence-corrected chi connectivity index (χ4v) is 1.85. The number of nitrogens with one attached hydrogen (secondary N) is 1. The van der Waals surface area contributed by atoms with Crippen molar-refractivity contribution in [1.82, 2.24) is 15.5 Å². The Hall–Kier alpha value is -0.720. The molecule has 0 fully saturated rings. The lowest BCUT2D eigenvalue weighted by molar-refractivity contribution is -0.125. The van der Waals surface area contributed by atoms with Crippen LogP contribution < -0.4 is 11.1 Å². The zero-order chi connectivity index (χ0) is 13.3. The molecular weight excluding hydrogens is 272 g/mol. The highest BCUT2D eigenvalue weighted by atomic mass is 35.5. The minimum atomic E-state index is -0.864. The molecule has 0 atom stereocenters. The van der Waals surface area contributed by atoms with E-state index >= 15 is 0 Å². The number of aromatic nitrogens is 2. The molecule has 0 aromatic carbocycles. The second kappa shape index (κ2) is 5.95. The highest BCUT2D eigenvalue weighted by molar-refractivity contribution is 7.11. The van der Waals surface area contributed by atoms with Crippen molar-refractivity contribution in [2.45, 2.75) is 52.1 Å². The standard InChI is InChI=1S/C11H20N4OS.ClH/c1-10(2,3)9-15-14-7(17-9)6-13-8(16)11(4,5)12;/h6,12H2,1-5H3,(H,13,16);1H. The van der Waals surface area contributed by atoms with Gasteiger partial charge in [-0.2, -0.15) is 0 Å². The van der Waals surface area contributed by atoms with E-state index in [0.717, 1.165) is 10.0 Å². The third-order valence-corrected chi connectivity index (χ3v) is 3.44. The van der Waals surface area contributed by atoms with Gasteiger partial charge in [-0.3, -0.25) is 4.79 Å². The summed E-state index contributed by atoms with van der Waals surface area (Å²) in [5, 5.41) is 12.7.